The number of halogens is 2. The second-order valence-electron chi connectivity index (χ2n) is 5.96. The monoisotopic (exact) mass is 394 g/mol. The van der Waals surface area contributed by atoms with Gasteiger partial charge in [-0.3, -0.25) is 4.90 Å². The summed E-state index contributed by atoms with van der Waals surface area (Å²) in [5.74, 6) is 1.39. The predicted molar refractivity (Wildman–Crippen MR) is 89.1 cm³/mol. The lowest BCUT2D eigenvalue weighted by atomic mass is 10.2. The van der Waals surface area contributed by atoms with Gasteiger partial charge in [0.1, 0.15) is 0 Å². The zero-order valence-corrected chi connectivity index (χ0v) is 16.6. The third-order valence-electron chi connectivity index (χ3n) is 4.09. The maximum absolute atomic E-state index is 10.1. The molecule has 1 unspecified atom stereocenters. The topological polar surface area (TPSA) is 54.4 Å². The van der Waals surface area contributed by atoms with E-state index >= 15 is 0 Å². The highest BCUT2D eigenvalue weighted by Crippen LogP contribution is 2.27. The van der Waals surface area contributed by atoms with Crippen LogP contribution >= 0.6 is 0 Å². The number of piperazine rings is 1. The molecule has 6 nitrogen and oxygen atoms in total. The largest absolute Gasteiger partial charge is 1.00 e. The summed E-state index contributed by atoms with van der Waals surface area (Å²) in [5, 5.41) is 10.1. The molecule has 0 radical (unpaired) electrons. The molecule has 1 aromatic rings. The van der Waals surface area contributed by atoms with Crippen molar-refractivity contribution < 1.29 is 44.1 Å². The Morgan fingerprint density at radius 2 is 1.68 bits per heavy atom. The van der Waals surface area contributed by atoms with Crippen LogP contribution < -0.4 is 34.3 Å². The van der Waals surface area contributed by atoms with E-state index in [1.54, 1.807) is 14.2 Å². The molecule has 146 valence electrons. The average Bonchev–Trinajstić information content (AvgIpc) is 2.56. The summed E-state index contributed by atoms with van der Waals surface area (Å²) in [6, 6.07) is 5.69. The Morgan fingerprint density at radius 3 is 2.28 bits per heavy atom. The lowest BCUT2D eigenvalue weighted by Gasteiger charge is -2.33. The van der Waals surface area contributed by atoms with Crippen molar-refractivity contribution in [3.63, 3.8) is 0 Å². The van der Waals surface area contributed by atoms with Crippen molar-refractivity contribution in [2.45, 2.75) is 12.7 Å². The number of nitrogens with zero attached hydrogens (tertiary/aromatic N) is 2. The molecule has 8 heteroatoms. The minimum absolute atomic E-state index is 0. The van der Waals surface area contributed by atoms with E-state index in [0.29, 0.717) is 31.3 Å². The molecule has 1 aromatic carbocycles. The standard InChI is InChI=1S/C17H28N2O4.2ClH/c1-18-6-8-19(9-7-18)11-15(20)13-23-12-14-4-5-16(21-2)17(10-14)22-3;;/h4-5,10,15,20H,6-9,11-13H2,1-3H3;2*1H/p-2. The van der Waals surface area contributed by atoms with Gasteiger partial charge in [0.15, 0.2) is 11.5 Å². The van der Waals surface area contributed by atoms with Crippen LogP contribution in [-0.2, 0) is 11.3 Å². The quantitative estimate of drug-likeness (QED) is 0.475. The van der Waals surface area contributed by atoms with Crippen molar-refractivity contribution >= 4 is 0 Å². The molecule has 1 N–H and O–H groups in total. The third-order valence-corrected chi connectivity index (χ3v) is 4.09. The summed E-state index contributed by atoms with van der Waals surface area (Å²) in [6.07, 6.45) is -0.460. The van der Waals surface area contributed by atoms with E-state index in [9.17, 15) is 5.11 Å². The number of likely N-dealkylation sites (N-methyl/N-ethyl adjacent to an activating group) is 1. The van der Waals surface area contributed by atoms with Crippen LogP contribution in [0.25, 0.3) is 0 Å². The van der Waals surface area contributed by atoms with E-state index < -0.39 is 6.10 Å². The molecule has 1 heterocycles. The molecule has 0 aliphatic carbocycles. The van der Waals surface area contributed by atoms with Crippen molar-refractivity contribution in [1.82, 2.24) is 9.80 Å². The van der Waals surface area contributed by atoms with Crippen LogP contribution in [0.3, 0.4) is 0 Å². The number of aliphatic hydroxyl groups is 1. The molecule has 1 atom stereocenters. The molecule has 0 saturated carbocycles. The summed E-state index contributed by atoms with van der Waals surface area (Å²) >= 11 is 0. The van der Waals surface area contributed by atoms with Crippen molar-refractivity contribution in [3.8, 4) is 11.5 Å². The summed E-state index contributed by atoms with van der Waals surface area (Å²) in [4.78, 5) is 4.58. The number of methoxy groups -OCH3 is 2. The maximum Gasteiger partial charge on any atom is 0.161 e. The molecule has 0 aromatic heterocycles. The van der Waals surface area contributed by atoms with Crippen LogP contribution in [-0.4, -0.2) is 81.6 Å². The Kier molecular flexibility index (Phi) is 12.2. The second kappa shape index (κ2) is 12.6. The van der Waals surface area contributed by atoms with Crippen LogP contribution in [0.15, 0.2) is 18.2 Å². The minimum atomic E-state index is -0.460. The first-order valence-electron chi connectivity index (χ1n) is 8.00. The minimum Gasteiger partial charge on any atom is -1.00 e. The number of benzene rings is 1. The second-order valence-corrected chi connectivity index (χ2v) is 5.96. The van der Waals surface area contributed by atoms with Crippen molar-refractivity contribution in [1.29, 1.82) is 0 Å². The number of rotatable bonds is 8. The molecule has 1 aliphatic rings. The summed E-state index contributed by atoms with van der Waals surface area (Å²) < 4.78 is 16.1. The van der Waals surface area contributed by atoms with Crippen molar-refractivity contribution in [2.24, 2.45) is 0 Å². The Morgan fingerprint density at radius 1 is 1.04 bits per heavy atom. The Bertz CT molecular complexity index is 486. The smallest absolute Gasteiger partial charge is 0.161 e. The van der Waals surface area contributed by atoms with Gasteiger partial charge in [0, 0.05) is 32.7 Å². The summed E-state index contributed by atoms with van der Waals surface area (Å²) in [5.41, 5.74) is 0.995. The fourth-order valence-corrected chi connectivity index (χ4v) is 2.66. The third kappa shape index (κ3) is 7.98. The van der Waals surface area contributed by atoms with Crippen molar-refractivity contribution in [3.05, 3.63) is 23.8 Å². The number of β-amino-alcohol motifs (C(OH)–C–C–N with tert-alkyl or cyclic N) is 1. The Balaban J connectivity index is 0.00000288. The maximum atomic E-state index is 10.1. The highest BCUT2D eigenvalue weighted by Gasteiger charge is 2.17. The van der Waals surface area contributed by atoms with E-state index in [0.717, 1.165) is 31.7 Å². The molecule has 2 rings (SSSR count). The van der Waals surface area contributed by atoms with E-state index in [-0.39, 0.29) is 24.8 Å². The van der Waals surface area contributed by atoms with Crippen molar-refractivity contribution in [2.75, 3.05) is 60.6 Å². The van der Waals surface area contributed by atoms with Gasteiger partial charge < -0.3 is 49.0 Å². The fraction of sp³-hybridized carbons (Fsp3) is 0.647. The van der Waals surface area contributed by atoms with Gasteiger partial charge in [0.2, 0.25) is 0 Å². The van der Waals surface area contributed by atoms with Gasteiger partial charge >= 0.3 is 0 Å². The van der Waals surface area contributed by atoms with Gasteiger partial charge in [-0.15, -0.1) is 0 Å². The molecule has 1 aliphatic heterocycles. The van der Waals surface area contributed by atoms with Gasteiger partial charge in [-0.2, -0.15) is 0 Å². The van der Waals surface area contributed by atoms with E-state index in [2.05, 4.69) is 16.8 Å². The fourth-order valence-electron chi connectivity index (χ4n) is 2.66. The Hall–Kier alpha value is -0.760. The number of ether oxygens (including phenoxy) is 3. The number of hydrogen-bond donors (Lipinski definition) is 1. The van der Waals surface area contributed by atoms with Gasteiger partial charge in [0.25, 0.3) is 0 Å². The molecular formula is C17H28Cl2N2O4-2. The molecule has 0 amide bonds. The van der Waals surface area contributed by atoms with Crippen LogP contribution in [0.2, 0.25) is 0 Å². The normalized spacial score (nSPS) is 16.5. The van der Waals surface area contributed by atoms with Crippen LogP contribution in [0, 0.1) is 0 Å². The van der Waals surface area contributed by atoms with Gasteiger partial charge in [-0.25, -0.2) is 0 Å². The molecule has 25 heavy (non-hydrogen) atoms. The first-order chi connectivity index (χ1) is 11.1. The van der Waals surface area contributed by atoms with E-state index in [4.69, 9.17) is 14.2 Å². The zero-order chi connectivity index (χ0) is 16.7. The number of aliphatic hydroxyl groups excluding tert-OH is 1. The number of hydrogen-bond acceptors (Lipinski definition) is 6. The van der Waals surface area contributed by atoms with Gasteiger partial charge in [-0.05, 0) is 24.7 Å². The SMILES string of the molecule is COc1ccc(COCC(O)CN2CCN(C)CC2)cc1OC.[Cl-].[Cl-]. The van der Waals surface area contributed by atoms with E-state index in [1.807, 2.05) is 18.2 Å². The first kappa shape index (κ1) is 24.2. The van der Waals surface area contributed by atoms with Crippen LogP contribution in [0.1, 0.15) is 5.56 Å². The lowest BCUT2D eigenvalue weighted by molar-refractivity contribution is -0.001000. The first-order valence-corrected chi connectivity index (χ1v) is 8.00. The summed E-state index contributed by atoms with van der Waals surface area (Å²) in [6.45, 7) is 5.56. The predicted octanol–water partition coefficient (Wildman–Crippen LogP) is -5.16. The van der Waals surface area contributed by atoms with E-state index in [1.165, 1.54) is 0 Å². The summed E-state index contributed by atoms with van der Waals surface area (Å²) in [7, 11) is 5.35. The molecule has 1 fully saturated rings. The molecule has 1 saturated heterocycles. The van der Waals surface area contributed by atoms with Gasteiger partial charge in [0.05, 0.1) is 33.5 Å². The average molecular weight is 395 g/mol. The molecular weight excluding hydrogens is 367 g/mol. The zero-order valence-electron chi connectivity index (χ0n) is 15.1. The molecule has 0 bridgehead atoms. The van der Waals surface area contributed by atoms with Crippen LogP contribution in [0.4, 0.5) is 0 Å². The highest BCUT2D eigenvalue weighted by atomic mass is 35.5. The Labute approximate surface area is 162 Å². The van der Waals surface area contributed by atoms with Gasteiger partial charge in [-0.1, -0.05) is 6.07 Å². The lowest BCUT2D eigenvalue weighted by Crippen LogP contribution is -3.00. The highest BCUT2D eigenvalue weighted by molar-refractivity contribution is 5.42. The van der Waals surface area contributed by atoms with Crippen LogP contribution in [0.5, 0.6) is 11.5 Å². The molecule has 0 spiro atoms.